The lowest BCUT2D eigenvalue weighted by atomic mass is 10.2. The zero-order chi connectivity index (χ0) is 18.9. The molecule has 26 heavy (non-hydrogen) atoms. The smallest absolute Gasteiger partial charge is 0.335 e. The van der Waals surface area contributed by atoms with Gasteiger partial charge in [0.05, 0.1) is 17.2 Å². The topological polar surface area (TPSA) is 153 Å². The highest BCUT2D eigenvalue weighted by molar-refractivity contribution is 7.90. The van der Waals surface area contributed by atoms with Crippen molar-refractivity contribution in [3.8, 4) is 5.88 Å². The van der Waals surface area contributed by atoms with Crippen molar-refractivity contribution < 1.29 is 22.9 Å². The Balaban J connectivity index is 1.80. The van der Waals surface area contributed by atoms with Gasteiger partial charge in [-0.05, 0) is 13.0 Å². The third-order valence-electron chi connectivity index (χ3n) is 3.57. The molecule has 136 valence electrons. The van der Waals surface area contributed by atoms with Crippen molar-refractivity contribution in [3.63, 3.8) is 0 Å². The van der Waals surface area contributed by atoms with Crippen LogP contribution in [0.3, 0.4) is 0 Å². The van der Waals surface area contributed by atoms with Crippen LogP contribution in [0.1, 0.15) is 11.3 Å². The van der Waals surface area contributed by atoms with Crippen LogP contribution in [0.15, 0.2) is 29.2 Å². The lowest BCUT2D eigenvalue weighted by Gasteiger charge is -2.09. The summed E-state index contributed by atoms with van der Waals surface area (Å²) in [5.74, 6) is 0.188. The van der Waals surface area contributed by atoms with Gasteiger partial charge < -0.3 is 4.74 Å². The van der Waals surface area contributed by atoms with E-state index in [1.807, 2.05) is 0 Å². The summed E-state index contributed by atoms with van der Waals surface area (Å²) in [6, 6.07) is 3.52. The number of nitrogens with zero attached hydrogens (tertiary/aromatic N) is 3. The van der Waals surface area contributed by atoms with Gasteiger partial charge in [-0.1, -0.05) is 12.1 Å². The number of carbonyl (C=O) groups excluding carboxylic acids is 1. The van der Waals surface area contributed by atoms with Crippen LogP contribution in [0, 0.1) is 17.0 Å². The Kier molecular flexibility index (Phi) is 4.42. The molecule has 0 bridgehead atoms. The molecule has 0 saturated carbocycles. The summed E-state index contributed by atoms with van der Waals surface area (Å²) >= 11 is 0. The predicted molar refractivity (Wildman–Crippen MR) is 88.4 cm³/mol. The summed E-state index contributed by atoms with van der Waals surface area (Å²) < 4.78 is 31.5. The van der Waals surface area contributed by atoms with Crippen molar-refractivity contribution in [2.24, 2.45) is 0 Å². The van der Waals surface area contributed by atoms with Crippen LogP contribution in [0.2, 0.25) is 0 Å². The average molecular weight is 379 g/mol. The number of aromatic nitrogens is 2. The number of anilines is 1. The molecule has 1 aromatic heterocycles. The highest BCUT2D eigenvalue weighted by Gasteiger charge is 2.27. The molecule has 1 aliphatic rings. The first-order valence-electron chi connectivity index (χ1n) is 7.35. The van der Waals surface area contributed by atoms with Gasteiger partial charge in [0.25, 0.3) is 15.7 Å². The minimum atomic E-state index is -4.47. The maximum absolute atomic E-state index is 12.3. The van der Waals surface area contributed by atoms with E-state index in [1.54, 1.807) is 11.6 Å². The number of nitro benzene ring substituents is 1. The second kappa shape index (κ2) is 6.55. The van der Waals surface area contributed by atoms with Crippen molar-refractivity contribution in [1.82, 2.24) is 14.7 Å². The monoisotopic (exact) mass is 379 g/mol. The minimum Gasteiger partial charge on any atom is -0.477 e. The highest BCUT2D eigenvalue weighted by atomic mass is 32.2. The number of aryl methyl sites for hydroxylation is 1. The molecule has 0 unspecified atom stereocenters. The first kappa shape index (κ1) is 17.5. The molecule has 2 heterocycles. The molecule has 0 spiro atoms. The Labute approximate surface area is 147 Å². The predicted octanol–water partition coefficient (Wildman–Crippen LogP) is 1.14. The van der Waals surface area contributed by atoms with Crippen molar-refractivity contribution in [1.29, 1.82) is 0 Å². The Hall–Kier alpha value is -3.28. The fourth-order valence-electron chi connectivity index (χ4n) is 2.42. The van der Waals surface area contributed by atoms with Crippen molar-refractivity contribution >= 4 is 27.7 Å². The number of rotatable bonds is 4. The summed E-state index contributed by atoms with van der Waals surface area (Å²) in [6.45, 7) is 2.16. The third-order valence-corrected chi connectivity index (χ3v) is 4.95. The van der Waals surface area contributed by atoms with Crippen LogP contribution < -0.4 is 14.8 Å². The van der Waals surface area contributed by atoms with Gasteiger partial charge in [-0.3, -0.25) is 15.4 Å². The first-order chi connectivity index (χ1) is 12.3. The van der Waals surface area contributed by atoms with Gasteiger partial charge in [0, 0.05) is 18.1 Å². The summed E-state index contributed by atoms with van der Waals surface area (Å²) in [5, 5.41) is 13.2. The molecule has 0 saturated heterocycles. The number of para-hydroxylation sites is 1. The first-order valence-corrected chi connectivity index (χ1v) is 8.84. The summed E-state index contributed by atoms with van der Waals surface area (Å²) in [6.07, 6.45) is 0.652. The third kappa shape index (κ3) is 3.39. The number of hydrogen-bond acceptors (Lipinski definition) is 8. The van der Waals surface area contributed by atoms with Crippen LogP contribution in [0.5, 0.6) is 5.88 Å². The average Bonchev–Trinajstić information content (AvgIpc) is 3.03. The normalized spacial score (nSPS) is 12.8. The Morgan fingerprint density at radius 2 is 2.04 bits per heavy atom. The Bertz CT molecular complexity index is 1010. The molecule has 1 aliphatic heterocycles. The second-order valence-electron chi connectivity index (χ2n) is 5.30. The number of urea groups is 1. The summed E-state index contributed by atoms with van der Waals surface area (Å²) in [4.78, 5) is 29.6. The molecule has 3 rings (SSSR count). The van der Waals surface area contributed by atoms with Gasteiger partial charge in [0.2, 0.25) is 11.8 Å². The molecule has 0 fully saturated rings. The van der Waals surface area contributed by atoms with E-state index >= 15 is 0 Å². The van der Waals surface area contributed by atoms with E-state index < -0.39 is 31.6 Å². The maximum atomic E-state index is 12.3. The van der Waals surface area contributed by atoms with E-state index in [1.165, 1.54) is 12.1 Å². The molecule has 2 N–H and O–H groups in total. The van der Waals surface area contributed by atoms with Crippen molar-refractivity contribution in [2.75, 3.05) is 11.9 Å². The standard InChI is InChI=1S/C14H13N5O6S/c1-8-9-6-7-25-12(9)16-13(15-8)17-14(20)18-26(23,24)11-5-3-2-4-10(11)19(21)22/h2-5H,6-7H2,1H3,(H2,15,16,17,18,20). The van der Waals surface area contributed by atoms with Crippen molar-refractivity contribution in [3.05, 3.63) is 45.6 Å². The molecule has 2 aromatic rings. The number of carbonyl (C=O) groups is 1. The fourth-order valence-corrected chi connectivity index (χ4v) is 3.50. The number of nitrogens with one attached hydrogen (secondary N) is 2. The molecule has 0 atom stereocenters. The van der Waals surface area contributed by atoms with E-state index in [4.69, 9.17) is 4.74 Å². The van der Waals surface area contributed by atoms with Crippen LogP contribution in [-0.2, 0) is 16.4 Å². The zero-order valence-electron chi connectivity index (χ0n) is 13.4. The van der Waals surface area contributed by atoms with Gasteiger partial charge >= 0.3 is 6.03 Å². The molecule has 12 heteroatoms. The lowest BCUT2D eigenvalue weighted by molar-refractivity contribution is -0.387. The number of sulfonamides is 1. The number of fused-ring (bicyclic) bond motifs is 1. The quantitative estimate of drug-likeness (QED) is 0.592. The van der Waals surface area contributed by atoms with Crippen LogP contribution >= 0.6 is 0 Å². The van der Waals surface area contributed by atoms with Gasteiger partial charge in [0.1, 0.15) is 0 Å². The molecule has 2 amide bonds. The number of hydrogen-bond donors (Lipinski definition) is 2. The van der Waals surface area contributed by atoms with Crippen LogP contribution in [-0.4, -0.2) is 35.9 Å². The maximum Gasteiger partial charge on any atom is 0.335 e. The van der Waals surface area contributed by atoms with E-state index in [0.717, 1.165) is 17.7 Å². The van der Waals surface area contributed by atoms with E-state index in [9.17, 15) is 23.3 Å². The molecular weight excluding hydrogens is 366 g/mol. The molecule has 1 aromatic carbocycles. The second-order valence-corrected chi connectivity index (χ2v) is 6.95. The van der Waals surface area contributed by atoms with Gasteiger partial charge in [0.15, 0.2) is 4.90 Å². The highest BCUT2D eigenvalue weighted by Crippen LogP contribution is 2.26. The Morgan fingerprint density at radius 1 is 1.31 bits per heavy atom. The molecule has 11 nitrogen and oxygen atoms in total. The largest absolute Gasteiger partial charge is 0.477 e. The number of amides is 2. The Morgan fingerprint density at radius 3 is 2.77 bits per heavy atom. The SMILES string of the molecule is Cc1nc(NC(=O)NS(=O)(=O)c2ccccc2[N+](=O)[O-])nc2c1CCO2. The van der Waals surface area contributed by atoms with Crippen LogP contribution in [0.4, 0.5) is 16.4 Å². The fraction of sp³-hybridized carbons (Fsp3) is 0.214. The summed E-state index contributed by atoms with van der Waals surface area (Å²) in [7, 11) is -4.47. The number of nitro groups is 1. The van der Waals surface area contributed by atoms with Gasteiger partial charge in [-0.2, -0.15) is 4.98 Å². The van der Waals surface area contributed by atoms with Crippen LogP contribution in [0.25, 0.3) is 0 Å². The van der Waals surface area contributed by atoms with E-state index in [-0.39, 0.29) is 5.95 Å². The van der Waals surface area contributed by atoms with Gasteiger partial charge in [-0.25, -0.2) is 22.9 Å². The van der Waals surface area contributed by atoms with Gasteiger partial charge in [-0.15, -0.1) is 0 Å². The lowest BCUT2D eigenvalue weighted by Crippen LogP contribution is -2.35. The zero-order valence-corrected chi connectivity index (χ0v) is 14.2. The number of ether oxygens (including phenoxy) is 1. The molecule has 0 radical (unpaired) electrons. The van der Waals surface area contributed by atoms with E-state index in [2.05, 4.69) is 15.3 Å². The minimum absolute atomic E-state index is 0.140. The van der Waals surface area contributed by atoms with Crippen molar-refractivity contribution in [2.45, 2.75) is 18.2 Å². The van der Waals surface area contributed by atoms with E-state index in [0.29, 0.717) is 24.6 Å². The summed E-state index contributed by atoms with van der Waals surface area (Å²) in [5.41, 5.74) is 0.777. The number of benzene rings is 1. The molecular formula is C14H13N5O6S. The molecule has 0 aliphatic carbocycles.